The second-order valence-electron chi connectivity index (χ2n) is 8.38. The van der Waals surface area contributed by atoms with E-state index >= 15 is 0 Å². The van der Waals surface area contributed by atoms with Gasteiger partial charge in [-0.2, -0.15) is 13.9 Å². The zero-order valence-electron chi connectivity index (χ0n) is 19.1. The van der Waals surface area contributed by atoms with E-state index < -0.39 is 12.2 Å². The Balaban J connectivity index is 1.68. The van der Waals surface area contributed by atoms with Crippen molar-refractivity contribution in [1.29, 1.82) is 0 Å². The highest BCUT2D eigenvalue weighted by molar-refractivity contribution is 5.75. The van der Waals surface area contributed by atoms with Crippen LogP contribution in [0.2, 0.25) is 0 Å². The third-order valence-corrected chi connectivity index (χ3v) is 4.63. The summed E-state index contributed by atoms with van der Waals surface area (Å²) in [6.45, 7) is 3.87. The SMILES string of the molecule is Cc1cc(Nc2cc3cc(-c4cc(OC(F)F)ncc4OCC(C)(C)O)ccn3n2)nc(C)n1. The van der Waals surface area contributed by atoms with Gasteiger partial charge in [-0.3, -0.25) is 0 Å². The van der Waals surface area contributed by atoms with Crippen LogP contribution < -0.4 is 14.8 Å². The summed E-state index contributed by atoms with van der Waals surface area (Å²) < 4.78 is 37.4. The van der Waals surface area contributed by atoms with Crippen LogP contribution in [0, 0.1) is 13.8 Å². The molecule has 4 aromatic rings. The number of anilines is 2. The lowest BCUT2D eigenvalue weighted by Gasteiger charge is -2.19. The number of nitrogens with zero attached hydrogens (tertiary/aromatic N) is 5. The van der Waals surface area contributed by atoms with E-state index in [-0.39, 0.29) is 12.5 Å². The number of nitrogens with one attached hydrogen (secondary N) is 1. The van der Waals surface area contributed by atoms with Crippen molar-refractivity contribution in [2.24, 2.45) is 0 Å². The van der Waals surface area contributed by atoms with Gasteiger partial charge in [0, 0.05) is 35.7 Å². The third-order valence-electron chi connectivity index (χ3n) is 4.63. The van der Waals surface area contributed by atoms with Crippen LogP contribution in [0.15, 0.2) is 42.7 Å². The van der Waals surface area contributed by atoms with Gasteiger partial charge in [-0.1, -0.05) is 0 Å². The van der Waals surface area contributed by atoms with Gasteiger partial charge in [0.25, 0.3) is 0 Å². The topological polar surface area (TPSA) is 107 Å². The molecular formula is C23H24F2N6O3. The molecule has 0 amide bonds. The Kier molecular flexibility index (Phi) is 6.29. The summed E-state index contributed by atoms with van der Waals surface area (Å²) in [6.07, 6.45) is 3.03. The van der Waals surface area contributed by atoms with E-state index in [0.717, 1.165) is 11.2 Å². The minimum Gasteiger partial charge on any atom is -0.488 e. The number of pyridine rings is 2. The van der Waals surface area contributed by atoms with E-state index in [0.29, 0.717) is 34.3 Å². The molecule has 0 aliphatic heterocycles. The van der Waals surface area contributed by atoms with E-state index in [2.05, 4.69) is 30.1 Å². The fourth-order valence-corrected chi connectivity index (χ4v) is 3.31. The molecule has 0 spiro atoms. The molecule has 0 unspecified atom stereocenters. The highest BCUT2D eigenvalue weighted by Crippen LogP contribution is 2.34. The Morgan fingerprint density at radius 1 is 1.12 bits per heavy atom. The number of fused-ring (bicyclic) bond motifs is 1. The van der Waals surface area contributed by atoms with Crippen LogP contribution in [0.4, 0.5) is 20.4 Å². The first-order valence-corrected chi connectivity index (χ1v) is 10.4. The van der Waals surface area contributed by atoms with Gasteiger partial charge in [0.1, 0.15) is 24.0 Å². The van der Waals surface area contributed by atoms with E-state index in [4.69, 9.17) is 4.74 Å². The maximum Gasteiger partial charge on any atom is 0.388 e. The summed E-state index contributed by atoms with van der Waals surface area (Å²) >= 11 is 0. The van der Waals surface area contributed by atoms with E-state index in [9.17, 15) is 13.9 Å². The number of hydrogen-bond donors (Lipinski definition) is 2. The lowest BCUT2D eigenvalue weighted by molar-refractivity contribution is -0.0528. The molecule has 0 saturated carbocycles. The minimum atomic E-state index is -3.01. The first kappa shape index (κ1) is 23.3. The molecule has 0 aromatic carbocycles. The number of halogens is 2. The molecular weight excluding hydrogens is 446 g/mol. The largest absolute Gasteiger partial charge is 0.488 e. The minimum absolute atomic E-state index is 0.0164. The van der Waals surface area contributed by atoms with Crippen molar-refractivity contribution < 1.29 is 23.4 Å². The lowest BCUT2D eigenvalue weighted by atomic mass is 10.1. The molecule has 0 atom stereocenters. The number of hydrogen-bond acceptors (Lipinski definition) is 8. The highest BCUT2D eigenvalue weighted by atomic mass is 19.3. The summed E-state index contributed by atoms with van der Waals surface area (Å²) in [6, 6.07) is 8.61. The summed E-state index contributed by atoms with van der Waals surface area (Å²) in [4.78, 5) is 12.5. The number of rotatable bonds is 8. The summed E-state index contributed by atoms with van der Waals surface area (Å²) in [5.74, 6) is 1.92. The van der Waals surface area contributed by atoms with Gasteiger partial charge >= 0.3 is 6.61 Å². The average molecular weight is 470 g/mol. The average Bonchev–Trinajstić information content (AvgIpc) is 3.12. The van der Waals surface area contributed by atoms with Crippen molar-refractivity contribution in [3.05, 3.63) is 54.2 Å². The normalized spacial score (nSPS) is 11.8. The molecule has 0 aliphatic rings. The number of aliphatic hydroxyl groups is 1. The third kappa shape index (κ3) is 5.73. The zero-order chi connectivity index (χ0) is 24.5. The van der Waals surface area contributed by atoms with E-state index in [1.807, 2.05) is 32.0 Å². The van der Waals surface area contributed by atoms with Gasteiger partial charge in [-0.05, 0) is 45.4 Å². The quantitative estimate of drug-likeness (QED) is 0.393. The number of alkyl halides is 2. The number of aryl methyl sites for hydroxylation is 2. The van der Waals surface area contributed by atoms with Crippen LogP contribution in [-0.4, -0.2) is 48.5 Å². The molecule has 4 heterocycles. The Bertz CT molecular complexity index is 1300. The zero-order valence-corrected chi connectivity index (χ0v) is 19.1. The monoisotopic (exact) mass is 470 g/mol. The van der Waals surface area contributed by atoms with Crippen molar-refractivity contribution in [2.75, 3.05) is 11.9 Å². The molecule has 4 rings (SSSR count). The van der Waals surface area contributed by atoms with Gasteiger partial charge in [0.05, 0.1) is 17.3 Å². The molecule has 9 nitrogen and oxygen atoms in total. The van der Waals surface area contributed by atoms with Crippen LogP contribution in [0.3, 0.4) is 0 Å². The standard InChI is InChI=1S/C23H24F2N6O3/c1-13-7-19(28-14(2)27-13)29-20-9-16-8-15(5-6-31(16)30-20)17-10-21(34-22(24)25)26-11-18(17)33-12-23(3,4)32/h5-11,22,32H,12H2,1-4H3,(H,27,28,29,30). The van der Waals surface area contributed by atoms with Crippen molar-refractivity contribution in [3.63, 3.8) is 0 Å². The summed E-state index contributed by atoms with van der Waals surface area (Å²) in [5, 5.41) is 17.7. The van der Waals surface area contributed by atoms with E-state index in [1.165, 1.54) is 12.3 Å². The predicted octanol–water partition coefficient (Wildman–Crippen LogP) is 4.30. The Hall–Kier alpha value is -3.86. The second kappa shape index (κ2) is 9.18. The first-order valence-electron chi connectivity index (χ1n) is 10.4. The maximum atomic E-state index is 12.7. The fourth-order valence-electron chi connectivity index (χ4n) is 3.31. The van der Waals surface area contributed by atoms with Gasteiger partial charge in [0.15, 0.2) is 5.82 Å². The maximum absolute atomic E-state index is 12.7. The molecule has 0 bridgehead atoms. The first-order chi connectivity index (χ1) is 16.1. The fraction of sp³-hybridized carbons (Fsp3) is 0.304. The van der Waals surface area contributed by atoms with E-state index in [1.54, 1.807) is 30.6 Å². The molecule has 11 heteroatoms. The summed E-state index contributed by atoms with van der Waals surface area (Å²) in [7, 11) is 0. The highest BCUT2D eigenvalue weighted by Gasteiger charge is 2.18. The molecule has 178 valence electrons. The molecule has 0 aliphatic carbocycles. The van der Waals surface area contributed by atoms with Gasteiger partial charge in [-0.25, -0.2) is 19.5 Å². The predicted molar refractivity (Wildman–Crippen MR) is 122 cm³/mol. The van der Waals surface area contributed by atoms with Crippen LogP contribution in [0.1, 0.15) is 25.4 Å². The van der Waals surface area contributed by atoms with Crippen molar-refractivity contribution in [1.82, 2.24) is 24.6 Å². The Labute approximate surface area is 194 Å². The molecule has 0 radical (unpaired) electrons. The summed E-state index contributed by atoms with van der Waals surface area (Å²) in [5.41, 5.74) is 1.63. The number of ether oxygens (including phenoxy) is 2. The van der Waals surface area contributed by atoms with Crippen LogP contribution in [0.25, 0.3) is 16.6 Å². The van der Waals surface area contributed by atoms with Gasteiger partial charge in [0.2, 0.25) is 5.88 Å². The Morgan fingerprint density at radius 3 is 2.62 bits per heavy atom. The van der Waals surface area contributed by atoms with Crippen LogP contribution >= 0.6 is 0 Å². The van der Waals surface area contributed by atoms with Gasteiger partial charge < -0.3 is 19.9 Å². The van der Waals surface area contributed by atoms with Crippen LogP contribution in [0.5, 0.6) is 11.6 Å². The van der Waals surface area contributed by atoms with Crippen LogP contribution in [-0.2, 0) is 0 Å². The Morgan fingerprint density at radius 2 is 1.91 bits per heavy atom. The van der Waals surface area contributed by atoms with Crippen molar-refractivity contribution in [2.45, 2.75) is 39.9 Å². The van der Waals surface area contributed by atoms with Gasteiger partial charge in [-0.15, -0.1) is 0 Å². The smallest absolute Gasteiger partial charge is 0.388 e. The molecule has 0 saturated heterocycles. The number of aromatic nitrogens is 5. The second-order valence-corrected chi connectivity index (χ2v) is 8.38. The molecule has 2 N–H and O–H groups in total. The van der Waals surface area contributed by atoms with Crippen molar-refractivity contribution >= 4 is 17.2 Å². The lowest BCUT2D eigenvalue weighted by Crippen LogP contribution is -2.28. The molecule has 4 aromatic heterocycles. The van der Waals surface area contributed by atoms with Crippen molar-refractivity contribution in [3.8, 4) is 22.8 Å². The molecule has 34 heavy (non-hydrogen) atoms. The molecule has 0 fully saturated rings.